The zero-order chi connectivity index (χ0) is 20.9. The summed E-state index contributed by atoms with van der Waals surface area (Å²) in [5.41, 5.74) is 1.79. The number of aliphatic hydroxyl groups is 1. The van der Waals surface area contributed by atoms with Crippen LogP contribution < -0.4 is 5.19 Å². The molecule has 0 aliphatic carbocycles. The normalized spacial score (nSPS) is 14.5. The average molecular weight is 417 g/mol. The molecular formula is C23H32O3SSi. The van der Waals surface area contributed by atoms with Crippen LogP contribution in [0, 0.1) is 0 Å². The predicted octanol–water partition coefficient (Wildman–Crippen LogP) is 4.91. The number of thioether (sulfide) groups is 1. The first kappa shape index (κ1) is 22.9. The molecule has 0 saturated heterocycles. The van der Waals surface area contributed by atoms with Crippen molar-refractivity contribution in [2.24, 2.45) is 0 Å². The molecule has 0 fully saturated rings. The highest BCUT2D eigenvalue weighted by Crippen LogP contribution is 2.31. The first-order chi connectivity index (χ1) is 13.0. The van der Waals surface area contributed by atoms with Crippen LogP contribution in [0.25, 0.3) is 0 Å². The summed E-state index contributed by atoms with van der Waals surface area (Å²) in [5.74, 6) is 0. The maximum atomic E-state index is 13.0. The lowest BCUT2D eigenvalue weighted by molar-refractivity contribution is -0.131. The monoisotopic (exact) mass is 416 g/mol. The molecule has 0 aliphatic heterocycles. The van der Waals surface area contributed by atoms with Crippen molar-refractivity contribution in [3.8, 4) is 0 Å². The van der Waals surface area contributed by atoms with Crippen LogP contribution in [0.5, 0.6) is 0 Å². The van der Waals surface area contributed by atoms with Gasteiger partial charge < -0.3 is 9.84 Å². The second-order valence-corrected chi connectivity index (χ2v) is 15.9. The number of ether oxygens (including phenoxy) is 1. The van der Waals surface area contributed by atoms with E-state index in [9.17, 15) is 9.90 Å². The number of benzene rings is 2. The number of hydrogen-bond acceptors (Lipinski definition) is 4. The SMILES string of the molecule is CC(C)(C)SC(=O)[C@H](OCc1ccccc1)[C@H](O)c1ccccc1[Si](C)(C)C. The highest BCUT2D eigenvalue weighted by atomic mass is 32.2. The van der Waals surface area contributed by atoms with Gasteiger partial charge in [-0.2, -0.15) is 0 Å². The molecule has 0 radical (unpaired) electrons. The summed E-state index contributed by atoms with van der Waals surface area (Å²) in [7, 11) is -1.69. The summed E-state index contributed by atoms with van der Waals surface area (Å²) in [6, 6.07) is 17.6. The zero-order valence-corrected chi connectivity index (χ0v) is 19.5. The van der Waals surface area contributed by atoms with Gasteiger partial charge in [0.15, 0.2) is 6.10 Å². The molecule has 0 unspecified atom stereocenters. The van der Waals surface area contributed by atoms with Gasteiger partial charge in [0.05, 0.1) is 14.7 Å². The summed E-state index contributed by atoms with van der Waals surface area (Å²) >= 11 is 1.22. The van der Waals surface area contributed by atoms with Crippen molar-refractivity contribution in [3.05, 3.63) is 65.7 Å². The first-order valence-corrected chi connectivity index (χ1v) is 14.0. The van der Waals surface area contributed by atoms with E-state index < -0.39 is 20.3 Å². The lowest BCUT2D eigenvalue weighted by Gasteiger charge is -2.29. The quantitative estimate of drug-likeness (QED) is 0.652. The Morgan fingerprint density at radius 3 is 2.18 bits per heavy atom. The first-order valence-electron chi connectivity index (χ1n) is 9.65. The minimum Gasteiger partial charge on any atom is -0.385 e. The van der Waals surface area contributed by atoms with Crippen LogP contribution in [-0.4, -0.2) is 29.1 Å². The van der Waals surface area contributed by atoms with Gasteiger partial charge in [0, 0.05) is 4.75 Å². The van der Waals surface area contributed by atoms with Crippen LogP contribution in [0.1, 0.15) is 38.0 Å². The van der Waals surface area contributed by atoms with Crippen molar-refractivity contribution in [2.45, 2.75) is 64.0 Å². The van der Waals surface area contributed by atoms with Crippen LogP contribution in [-0.2, 0) is 16.1 Å². The molecule has 0 saturated carbocycles. The van der Waals surface area contributed by atoms with Crippen molar-refractivity contribution in [3.63, 3.8) is 0 Å². The predicted molar refractivity (Wildman–Crippen MR) is 122 cm³/mol. The van der Waals surface area contributed by atoms with Gasteiger partial charge >= 0.3 is 0 Å². The van der Waals surface area contributed by atoms with E-state index >= 15 is 0 Å². The van der Waals surface area contributed by atoms with Gasteiger partial charge in [-0.25, -0.2) is 0 Å². The minimum absolute atomic E-state index is 0.138. The fourth-order valence-corrected chi connectivity index (χ4v) is 5.62. The summed E-state index contributed by atoms with van der Waals surface area (Å²) in [6.45, 7) is 13.0. The van der Waals surface area contributed by atoms with Crippen molar-refractivity contribution in [1.29, 1.82) is 0 Å². The van der Waals surface area contributed by atoms with Crippen LogP contribution in [0.4, 0.5) is 0 Å². The second kappa shape index (κ2) is 9.40. The van der Waals surface area contributed by atoms with E-state index in [4.69, 9.17) is 4.74 Å². The van der Waals surface area contributed by atoms with Gasteiger partial charge in [-0.15, -0.1) is 0 Å². The van der Waals surface area contributed by atoms with E-state index in [0.717, 1.165) is 16.3 Å². The summed E-state index contributed by atoms with van der Waals surface area (Å²) in [5, 5.41) is 12.3. The highest BCUT2D eigenvalue weighted by Gasteiger charge is 2.35. The third-order valence-electron chi connectivity index (χ3n) is 4.29. The summed E-state index contributed by atoms with van der Waals surface area (Å²) in [4.78, 5) is 13.0. The maximum Gasteiger partial charge on any atom is 0.221 e. The average Bonchev–Trinajstić information content (AvgIpc) is 2.60. The lowest BCUT2D eigenvalue weighted by Crippen LogP contribution is -2.43. The van der Waals surface area contributed by atoms with Crippen LogP contribution in [0.2, 0.25) is 19.6 Å². The largest absolute Gasteiger partial charge is 0.385 e. The van der Waals surface area contributed by atoms with Crippen molar-refractivity contribution < 1.29 is 14.6 Å². The highest BCUT2D eigenvalue weighted by molar-refractivity contribution is 8.14. The van der Waals surface area contributed by atoms with E-state index in [-0.39, 0.29) is 16.5 Å². The third kappa shape index (κ3) is 6.59. The lowest BCUT2D eigenvalue weighted by atomic mass is 10.0. The summed E-state index contributed by atoms with van der Waals surface area (Å²) < 4.78 is 5.77. The third-order valence-corrected chi connectivity index (χ3v) is 7.40. The molecule has 1 N–H and O–H groups in total. The number of rotatable bonds is 7. The standard InChI is InChI=1S/C23H32O3SSi/c1-23(2,3)27-22(25)21(26-16-17-12-8-7-9-13-17)20(24)18-14-10-11-15-19(18)28(4,5)6/h7-15,20-21,24H,16H2,1-6H3/t20-,21-/m1/s1. The molecule has 28 heavy (non-hydrogen) atoms. The van der Waals surface area contributed by atoms with E-state index in [1.54, 1.807) is 0 Å². The Labute approximate surface area is 174 Å². The van der Waals surface area contributed by atoms with Crippen LogP contribution in [0.15, 0.2) is 54.6 Å². The molecule has 0 aliphatic rings. The molecule has 2 atom stereocenters. The molecule has 0 heterocycles. The second-order valence-electron chi connectivity index (χ2n) is 9.03. The fraction of sp³-hybridized carbons (Fsp3) is 0.435. The Hall–Kier alpha value is -1.40. The number of aliphatic hydroxyl groups excluding tert-OH is 1. The Morgan fingerprint density at radius 1 is 1.04 bits per heavy atom. The molecule has 5 heteroatoms. The van der Waals surface area contributed by atoms with Gasteiger partial charge in [0.2, 0.25) is 5.12 Å². The molecule has 3 nitrogen and oxygen atoms in total. The van der Waals surface area contributed by atoms with Crippen LogP contribution in [0.3, 0.4) is 0 Å². The maximum absolute atomic E-state index is 13.0. The Morgan fingerprint density at radius 2 is 1.61 bits per heavy atom. The van der Waals surface area contributed by atoms with Crippen LogP contribution >= 0.6 is 11.8 Å². The van der Waals surface area contributed by atoms with Crippen molar-refractivity contribution in [2.75, 3.05) is 0 Å². The molecule has 0 aromatic heterocycles. The number of hydrogen-bond donors (Lipinski definition) is 1. The Kier molecular flexibility index (Phi) is 7.68. The molecule has 2 aromatic rings. The molecule has 0 amide bonds. The summed E-state index contributed by atoms with van der Waals surface area (Å²) in [6.07, 6.45) is -1.91. The van der Waals surface area contributed by atoms with Crippen molar-refractivity contribution >= 4 is 30.1 Å². The van der Waals surface area contributed by atoms with E-state index in [0.29, 0.717) is 0 Å². The van der Waals surface area contributed by atoms with E-state index in [1.807, 2.05) is 69.3 Å². The zero-order valence-electron chi connectivity index (χ0n) is 17.7. The van der Waals surface area contributed by atoms with E-state index in [2.05, 4.69) is 25.7 Å². The van der Waals surface area contributed by atoms with Gasteiger partial charge in [-0.1, -0.05) is 112 Å². The fourth-order valence-electron chi connectivity index (χ4n) is 3.01. The smallest absolute Gasteiger partial charge is 0.221 e. The molecule has 152 valence electrons. The van der Waals surface area contributed by atoms with Gasteiger partial charge in [-0.3, -0.25) is 4.79 Å². The van der Waals surface area contributed by atoms with E-state index in [1.165, 1.54) is 11.8 Å². The molecule has 0 spiro atoms. The number of carbonyl (C=O) groups excluding carboxylic acids is 1. The van der Waals surface area contributed by atoms with Gasteiger partial charge in [-0.05, 0) is 11.1 Å². The topological polar surface area (TPSA) is 46.5 Å². The van der Waals surface area contributed by atoms with Gasteiger partial charge in [0.1, 0.15) is 6.10 Å². The molecule has 2 rings (SSSR count). The Bertz CT molecular complexity index is 778. The molecule has 0 bridgehead atoms. The van der Waals surface area contributed by atoms with Gasteiger partial charge in [0.25, 0.3) is 0 Å². The number of carbonyl (C=O) groups is 1. The Balaban J connectivity index is 2.33. The minimum atomic E-state index is -1.69. The molecule has 2 aromatic carbocycles. The molecular weight excluding hydrogens is 384 g/mol. The van der Waals surface area contributed by atoms with Crippen molar-refractivity contribution in [1.82, 2.24) is 0 Å².